The Kier molecular flexibility index (Phi) is 4.51. The van der Waals surface area contributed by atoms with Crippen molar-refractivity contribution < 1.29 is 18.7 Å². The third-order valence-corrected chi connectivity index (χ3v) is 3.37. The lowest BCUT2D eigenvalue weighted by Crippen LogP contribution is -2.28. The SMILES string of the molecule is O=C(NCCOC(=O)c1cc2cc(F)ccc2[nH]1)c1ccncc1. The Labute approximate surface area is 136 Å². The van der Waals surface area contributed by atoms with Gasteiger partial charge in [0.1, 0.15) is 18.1 Å². The van der Waals surface area contributed by atoms with Crippen molar-refractivity contribution in [3.05, 3.63) is 65.9 Å². The molecule has 0 saturated heterocycles. The van der Waals surface area contributed by atoms with Gasteiger partial charge < -0.3 is 15.0 Å². The van der Waals surface area contributed by atoms with Gasteiger partial charge in [-0.15, -0.1) is 0 Å². The Morgan fingerprint density at radius 3 is 2.75 bits per heavy atom. The van der Waals surface area contributed by atoms with Crippen molar-refractivity contribution in [2.24, 2.45) is 0 Å². The van der Waals surface area contributed by atoms with Crippen LogP contribution < -0.4 is 5.32 Å². The highest BCUT2D eigenvalue weighted by Gasteiger charge is 2.11. The zero-order valence-electron chi connectivity index (χ0n) is 12.6. The summed E-state index contributed by atoms with van der Waals surface area (Å²) < 4.78 is 18.2. The fourth-order valence-electron chi connectivity index (χ4n) is 2.20. The lowest BCUT2D eigenvalue weighted by atomic mass is 10.2. The van der Waals surface area contributed by atoms with E-state index in [1.54, 1.807) is 18.2 Å². The van der Waals surface area contributed by atoms with Gasteiger partial charge in [-0.3, -0.25) is 9.78 Å². The average molecular weight is 327 g/mol. The minimum Gasteiger partial charge on any atom is -0.459 e. The van der Waals surface area contributed by atoms with Gasteiger partial charge >= 0.3 is 5.97 Å². The summed E-state index contributed by atoms with van der Waals surface area (Å²) in [5.74, 6) is -1.21. The first-order valence-electron chi connectivity index (χ1n) is 7.27. The van der Waals surface area contributed by atoms with E-state index in [2.05, 4.69) is 15.3 Å². The number of nitrogens with one attached hydrogen (secondary N) is 2. The number of aromatic nitrogens is 2. The number of halogens is 1. The molecule has 24 heavy (non-hydrogen) atoms. The molecule has 0 atom stereocenters. The number of amides is 1. The summed E-state index contributed by atoms with van der Waals surface area (Å²) >= 11 is 0. The molecule has 2 aromatic heterocycles. The summed E-state index contributed by atoms with van der Waals surface area (Å²) in [4.78, 5) is 30.4. The number of benzene rings is 1. The van der Waals surface area contributed by atoms with Gasteiger partial charge in [0.15, 0.2) is 0 Å². The molecule has 0 saturated carbocycles. The molecule has 1 amide bonds. The highest BCUT2D eigenvalue weighted by atomic mass is 19.1. The predicted molar refractivity (Wildman–Crippen MR) is 85.1 cm³/mol. The smallest absolute Gasteiger partial charge is 0.354 e. The Hall–Kier alpha value is -3.22. The third-order valence-electron chi connectivity index (χ3n) is 3.37. The Morgan fingerprint density at radius 2 is 1.96 bits per heavy atom. The Balaban J connectivity index is 1.51. The number of nitrogens with zero attached hydrogens (tertiary/aromatic N) is 1. The first-order valence-corrected chi connectivity index (χ1v) is 7.27. The second-order valence-electron chi connectivity index (χ2n) is 5.04. The van der Waals surface area contributed by atoms with Crippen LogP contribution in [-0.4, -0.2) is 35.0 Å². The molecular weight excluding hydrogens is 313 g/mol. The lowest BCUT2D eigenvalue weighted by molar-refractivity contribution is 0.0497. The van der Waals surface area contributed by atoms with Gasteiger partial charge in [0.25, 0.3) is 5.91 Å². The first-order chi connectivity index (χ1) is 11.6. The molecule has 0 aliphatic rings. The average Bonchev–Trinajstić information content (AvgIpc) is 3.02. The van der Waals surface area contributed by atoms with Crippen LogP contribution in [-0.2, 0) is 4.74 Å². The van der Waals surface area contributed by atoms with Gasteiger partial charge in [0.05, 0.1) is 6.54 Å². The van der Waals surface area contributed by atoms with E-state index >= 15 is 0 Å². The van der Waals surface area contributed by atoms with Crippen molar-refractivity contribution >= 4 is 22.8 Å². The van der Waals surface area contributed by atoms with Crippen molar-refractivity contribution in [2.75, 3.05) is 13.2 Å². The number of hydrogen-bond acceptors (Lipinski definition) is 4. The van der Waals surface area contributed by atoms with E-state index in [1.165, 1.54) is 30.6 Å². The van der Waals surface area contributed by atoms with E-state index in [9.17, 15) is 14.0 Å². The maximum Gasteiger partial charge on any atom is 0.354 e. The maximum atomic E-state index is 13.1. The molecule has 0 aliphatic heterocycles. The fourth-order valence-corrected chi connectivity index (χ4v) is 2.20. The van der Waals surface area contributed by atoms with Crippen molar-refractivity contribution in [2.45, 2.75) is 0 Å². The summed E-state index contributed by atoms with van der Waals surface area (Å²) in [6.45, 7) is 0.209. The molecule has 0 spiro atoms. The van der Waals surface area contributed by atoms with Crippen molar-refractivity contribution in [1.82, 2.24) is 15.3 Å². The van der Waals surface area contributed by atoms with Crippen LogP contribution in [0.4, 0.5) is 4.39 Å². The standard InChI is InChI=1S/C17H14FN3O3/c18-13-1-2-14-12(9-13)10-15(21-14)17(23)24-8-7-20-16(22)11-3-5-19-6-4-11/h1-6,9-10,21H,7-8H2,(H,20,22). The number of fused-ring (bicyclic) bond motifs is 1. The summed E-state index contributed by atoms with van der Waals surface area (Å²) in [5.41, 5.74) is 1.36. The normalized spacial score (nSPS) is 10.5. The predicted octanol–water partition coefficient (Wildman–Crippen LogP) is 2.29. The fraction of sp³-hybridized carbons (Fsp3) is 0.118. The third kappa shape index (κ3) is 3.57. The van der Waals surface area contributed by atoms with Gasteiger partial charge in [-0.05, 0) is 36.4 Å². The van der Waals surface area contributed by atoms with E-state index < -0.39 is 5.97 Å². The largest absolute Gasteiger partial charge is 0.459 e. The molecule has 1 aromatic carbocycles. The molecule has 0 unspecified atom stereocenters. The molecule has 0 fully saturated rings. The van der Waals surface area contributed by atoms with Crippen LogP contribution >= 0.6 is 0 Å². The molecule has 0 radical (unpaired) electrons. The number of carbonyl (C=O) groups excluding carboxylic acids is 2. The van der Waals surface area contributed by atoms with Crippen LogP contribution in [0.25, 0.3) is 10.9 Å². The molecular formula is C17H14FN3O3. The minimum absolute atomic E-state index is 0.0272. The van der Waals surface area contributed by atoms with Crippen LogP contribution in [0, 0.1) is 5.82 Å². The van der Waals surface area contributed by atoms with Crippen molar-refractivity contribution in [1.29, 1.82) is 0 Å². The minimum atomic E-state index is -0.565. The molecule has 2 heterocycles. The van der Waals surface area contributed by atoms with Crippen LogP contribution in [0.3, 0.4) is 0 Å². The maximum absolute atomic E-state index is 13.1. The zero-order chi connectivity index (χ0) is 16.9. The molecule has 0 aliphatic carbocycles. The second kappa shape index (κ2) is 6.91. The highest BCUT2D eigenvalue weighted by Crippen LogP contribution is 2.17. The summed E-state index contributed by atoms with van der Waals surface area (Å²) in [5, 5.41) is 3.23. The van der Waals surface area contributed by atoms with E-state index in [0.717, 1.165) is 0 Å². The quantitative estimate of drug-likeness (QED) is 0.556. The molecule has 3 rings (SSSR count). The van der Waals surface area contributed by atoms with Gasteiger partial charge in [0.2, 0.25) is 0 Å². The number of ether oxygens (including phenoxy) is 1. The molecule has 7 heteroatoms. The van der Waals surface area contributed by atoms with Crippen LogP contribution in [0.2, 0.25) is 0 Å². The highest BCUT2D eigenvalue weighted by molar-refractivity contribution is 5.95. The second-order valence-corrected chi connectivity index (χ2v) is 5.04. The lowest BCUT2D eigenvalue weighted by Gasteiger charge is -2.06. The first kappa shape index (κ1) is 15.7. The van der Waals surface area contributed by atoms with Crippen LogP contribution in [0.15, 0.2) is 48.8 Å². The van der Waals surface area contributed by atoms with Crippen molar-refractivity contribution in [3.63, 3.8) is 0 Å². The van der Waals surface area contributed by atoms with Gasteiger partial charge in [-0.25, -0.2) is 9.18 Å². The van der Waals surface area contributed by atoms with Gasteiger partial charge in [-0.1, -0.05) is 0 Å². The number of aromatic amines is 1. The molecule has 122 valence electrons. The van der Waals surface area contributed by atoms with E-state index in [0.29, 0.717) is 16.5 Å². The van der Waals surface area contributed by atoms with E-state index in [4.69, 9.17) is 4.74 Å². The number of pyridine rings is 1. The Bertz CT molecular complexity index is 877. The van der Waals surface area contributed by atoms with Gasteiger partial charge in [-0.2, -0.15) is 0 Å². The van der Waals surface area contributed by atoms with Gasteiger partial charge in [0, 0.05) is 28.9 Å². The Morgan fingerprint density at radius 1 is 1.17 bits per heavy atom. The topological polar surface area (TPSA) is 84.1 Å². The summed E-state index contributed by atoms with van der Waals surface area (Å²) in [7, 11) is 0. The van der Waals surface area contributed by atoms with Crippen LogP contribution in [0.5, 0.6) is 0 Å². The molecule has 2 N–H and O–H groups in total. The molecule has 0 bridgehead atoms. The number of rotatable bonds is 5. The van der Waals surface area contributed by atoms with E-state index in [-0.39, 0.29) is 30.6 Å². The summed E-state index contributed by atoms with van der Waals surface area (Å²) in [6, 6.07) is 8.89. The number of esters is 1. The monoisotopic (exact) mass is 327 g/mol. The number of hydrogen-bond donors (Lipinski definition) is 2. The van der Waals surface area contributed by atoms with E-state index in [1.807, 2.05) is 0 Å². The number of H-pyrrole nitrogens is 1. The zero-order valence-corrected chi connectivity index (χ0v) is 12.6. The summed E-state index contributed by atoms with van der Waals surface area (Å²) in [6.07, 6.45) is 3.04. The molecule has 6 nitrogen and oxygen atoms in total. The molecule has 3 aromatic rings. The van der Waals surface area contributed by atoms with Crippen molar-refractivity contribution in [3.8, 4) is 0 Å². The number of carbonyl (C=O) groups is 2. The van der Waals surface area contributed by atoms with Crippen LogP contribution in [0.1, 0.15) is 20.8 Å².